The van der Waals surface area contributed by atoms with Gasteiger partial charge in [0.2, 0.25) is 0 Å². The molecule has 2 aliphatic rings. The molecule has 6 nitrogen and oxygen atoms in total. The number of aromatic nitrogens is 3. The molecule has 158 valence electrons. The van der Waals surface area contributed by atoms with E-state index in [9.17, 15) is 4.79 Å². The van der Waals surface area contributed by atoms with E-state index in [0.717, 1.165) is 29.7 Å². The zero-order valence-corrected chi connectivity index (χ0v) is 18.0. The molecule has 2 aromatic heterocycles. The molecule has 0 atom stereocenters. The van der Waals surface area contributed by atoms with Gasteiger partial charge in [0, 0.05) is 26.2 Å². The summed E-state index contributed by atoms with van der Waals surface area (Å²) in [6.07, 6.45) is 15.0. The first-order valence-corrected chi connectivity index (χ1v) is 11.5. The predicted octanol–water partition coefficient (Wildman–Crippen LogP) is 4.90. The lowest BCUT2D eigenvalue weighted by Gasteiger charge is -2.30. The van der Waals surface area contributed by atoms with Crippen molar-refractivity contribution in [2.75, 3.05) is 12.4 Å². The molecule has 2 aliphatic carbocycles. The van der Waals surface area contributed by atoms with E-state index in [-0.39, 0.29) is 5.91 Å². The van der Waals surface area contributed by atoms with Crippen molar-refractivity contribution < 1.29 is 4.79 Å². The minimum atomic E-state index is 0.0185. The quantitative estimate of drug-likeness (QED) is 0.797. The number of amides is 1. The molecule has 2 fully saturated rings. The summed E-state index contributed by atoms with van der Waals surface area (Å²) in [5.41, 5.74) is 1.31. The number of carbonyl (C=O) groups is 1. The second-order valence-corrected chi connectivity index (χ2v) is 8.93. The molecule has 2 saturated carbocycles. The summed E-state index contributed by atoms with van der Waals surface area (Å²) in [6, 6.07) is 4.86. The lowest BCUT2D eigenvalue weighted by molar-refractivity contribution is 0.0691. The number of fused-ring (bicyclic) bond motifs is 1. The molecular weight excluding hydrogens is 362 g/mol. The first-order chi connectivity index (χ1) is 14.1. The molecule has 2 aromatic rings. The summed E-state index contributed by atoms with van der Waals surface area (Å²) in [6.45, 7) is 0. The van der Waals surface area contributed by atoms with E-state index in [1.54, 1.807) is 4.68 Å². The number of hydrogen-bond donors (Lipinski definition) is 1. The van der Waals surface area contributed by atoms with Gasteiger partial charge in [0.05, 0.1) is 5.39 Å². The molecule has 0 bridgehead atoms. The van der Waals surface area contributed by atoms with Crippen molar-refractivity contribution >= 4 is 22.8 Å². The highest BCUT2D eigenvalue weighted by Crippen LogP contribution is 2.26. The Bertz CT molecular complexity index is 831. The Morgan fingerprint density at radius 3 is 2.34 bits per heavy atom. The summed E-state index contributed by atoms with van der Waals surface area (Å²) >= 11 is 0. The Morgan fingerprint density at radius 2 is 1.62 bits per heavy atom. The van der Waals surface area contributed by atoms with E-state index in [0.29, 0.717) is 17.8 Å². The second kappa shape index (κ2) is 9.14. The molecule has 4 rings (SSSR count). The molecule has 0 aromatic carbocycles. The van der Waals surface area contributed by atoms with Crippen molar-refractivity contribution in [1.29, 1.82) is 0 Å². The van der Waals surface area contributed by atoms with Gasteiger partial charge < -0.3 is 10.2 Å². The molecule has 29 heavy (non-hydrogen) atoms. The molecule has 2 heterocycles. The highest BCUT2D eigenvalue weighted by molar-refractivity contribution is 6.04. The Hall–Kier alpha value is -2.11. The lowest BCUT2D eigenvalue weighted by atomic mass is 9.94. The van der Waals surface area contributed by atoms with E-state index in [1.807, 2.05) is 31.1 Å². The fraction of sp³-hybridized carbons (Fsp3) is 0.696. The van der Waals surface area contributed by atoms with Crippen LogP contribution in [0, 0.1) is 0 Å². The SMILES string of the molecule is CN(C(=O)c1nn(C)c2nc(NC3CCCCCCC3)ccc12)C1CCCCC1. The van der Waals surface area contributed by atoms with Crippen molar-refractivity contribution in [1.82, 2.24) is 19.7 Å². The Morgan fingerprint density at radius 1 is 1.00 bits per heavy atom. The standard InChI is InChI=1S/C23H35N5O/c1-27(18-13-9-6-10-14-18)23(29)21-19-15-16-20(25-22(19)28(2)26-21)24-17-11-7-4-3-5-8-12-17/h15-18H,3-14H2,1-2H3,(H,24,25). The summed E-state index contributed by atoms with van der Waals surface area (Å²) in [4.78, 5) is 19.9. The Labute approximate surface area is 174 Å². The van der Waals surface area contributed by atoms with Crippen LogP contribution in [0.3, 0.4) is 0 Å². The largest absolute Gasteiger partial charge is 0.367 e. The van der Waals surface area contributed by atoms with Crippen LogP contribution in [0.15, 0.2) is 12.1 Å². The highest BCUT2D eigenvalue weighted by Gasteiger charge is 2.27. The van der Waals surface area contributed by atoms with Crippen molar-refractivity contribution in [3.63, 3.8) is 0 Å². The molecule has 0 aliphatic heterocycles. The molecule has 0 saturated heterocycles. The number of pyridine rings is 1. The maximum absolute atomic E-state index is 13.2. The number of hydrogen-bond acceptors (Lipinski definition) is 4. The third kappa shape index (κ3) is 4.57. The van der Waals surface area contributed by atoms with E-state index in [2.05, 4.69) is 10.4 Å². The number of nitrogens with zero attached hydrogens (tertiary/aromatic N) is 4. The first-order valence-electron chi connectivity index (χ1n) is 11.5. The van der Waals surface area contributed by atoms with Gasteiger partial charge >= 0.3 is 0 Å². The molecule has 1 N–H and O–H groups in total. The number of carbonyl (C=O) groups excluding carboxylic acids is 1. The van der Waals surface area contributed by atoms with E-state index in [4.69, 9.17) is 4.98 Å². The van der Waals surface area contributed by atoms with Gasteiger partial charge in [0.1, 0.15) is 5.82 Å². The van der Waals surface area contributed by atoms with Crippen LogP contribution >= 0.6 is 0 Å². The van der Waals surface area contributed by atoms with Crippen LogP contribution < -0.4 is 5.32 Å². The van der Waals surface area contributed by atoms with E-state index < -0.39 is 0 Å². The number of rotatable bonds is 4. The highest BCUT2D eigenvalue weighted by atomic mass is 16.2. The summed E-state index contributed by atoms with van der Waals surface area (Å²) < 4.78 is 1.75. The van der Waals surface area contributed by atoms with Gasteiger partial charge in [-0.3, -0.25) is 4.79 Å². The average molecular weight is 398 g/mol. The molecule has 0 unspecified atom stereocenters. The number of anilines is 1. The van der Waals surface area contributed by atoms with Crippen LogP contribution in [0.1, 0.15) is 87.5 Å². The minimum absolute atomic E-state index is 0.0185. The summed E-state index contributed by atoms with van der Waals surface area (Å²) in [5.74, 6) is 0.913. The number of nitrogens with one attached hydrogen (secondary N) is 1. The van der Waals surface area contributed by atoms with Gasteiger partial charge in [-0.05, 0) is 37.8 Å². The number of aryl methyl sites for hydroxylation is 1. The van der Waals surface area contributed by atoms with Crippen LogP contribution in [-0.2, 0) is 7.05 Å². The van der Waals surface area contributed by atoms with Crippen LogP contribution in [0.25, 0.3) is 11.0 Å². The smallest absolute Gasteiger partial charge is 0.275 e. The van der Waals surface area contributed by atoms with Crippen LogP contribution in [-0.4, -0.2) is 44.7 Å². The van der Waals surface area contributed by atoms with Crippen molar-refractivity contribution in [2.45, 2.75) is 89.1 Å². The second-order valence-electron chi connectivity index (χ2n) is 8.93. The third-order valence-electron chi connectivity index (χ3n) is 6.79. The van der Waals surface area contributed by atoms with Crippen LogP contribution in [0.4, 0.5) is 5.82 Å². The molecular formula is C23H35N5O. The molecule has 1 amide bonds. The van der Waals surface area contributed by atoms with Gasteiger partial charge in [-0.2, -0.15) is 5.10 Å². The molecule has 0 spiro atoms. The molecule has 6 heteroatoms. The van der Waals surface area contributed by atoms with Gasteiger partial charge in [-0.15, -0.1) is 0 Å². The summed E-state index contributed by atoms with van der Waals surface area (Å²) in [5, 5.41) is 9.04. The maximum atomic E-state index is 13.2. The van der Waals surface area contributed by atoms with Crippen molar-refractivity contribution in [3.8, 4) is 0 Å². The van der Waals surface area contributed by atoms with Crippen LogP contribution in [0.5, 0.6) is 0 Å². The first kappa shape index (κ1) is 20.2. The zero-order valence-electron chi connectivity index (χ0n) is 18.0. The van der Waals surface area contributed by atoms with Gasteiger partial charge in [0.25, 0.3) is 5.91 Å². The van der Waals surface area contributed by atoms with Gasteiger partial charge in [-0.25, -0.2) is 9.67 Å². The van der Waals surface area contributed by atoms with E-state index >= 15 is 0 Å². The van der Waals surface area contributed by atoms with E-state index in [1.165, 1.54) is 64.2 Å². The van der Waals surface area contributed by atoms with Gasteiger partial charge in [-0.1, -0.05) is 51.4 Å². The Balaban J connectivity index is 1.52. The minimum Gasteiger partial charge on any atom is -0.367 e. The zero-order chi connectivity index (χ0) is 20.2. The molecule has 0 radical (unpaired) electrons. The fourth-order valence-corrected chi connectivity index (χ4v) is 4.98. The Kier molecular flexibility index (Phi) is 6.36. The maximum Gasteiger partial charge on any atom is 0.275 e. The predicted molar refractivity (Wildman–Crippen MR) is 117 cm³/mol. The average Bonchev–Trinajstić information content (AvgIpc) is 3.05. The lowest BCUT2D eigenvalue weighted by Crippen LogP contribution is -2.38. The normalized spacial score (nSPS) is 19.7. The van der Waals surface area contributed by atoms with Crippen LogP contribution in [0.2, 0.25) is 0 Å². The topological polar surface area (TPSA) is 63.1 Å². The monoisotopic (exact) mass is 397 g/mol. The van der Waals surface area contributed by atoms with Crippen molar-refractivity contribution in [2.24, 2.45) is 7.05 Å². The van der Waals surface area contributed by atoms with Crippen molar-refractivity contribution in [3.05, 3.63) is 17.8 Å². The van der Waals surface area contributed by atoms with Gasteiger partial charge in [0.15, 0.2) is 11.3 Å². The third-order valence-corrected chi connectivity index (χ3v) is 6.79. The summed E-state index contributed by atoms with van der Waals surface area (Å²) in [7, 11) is 3.81. The fourth-order valence-electron chi connectivity index (χ4n) is 4.98.